The molecule has 0 spiro atoms. The summed E-state index contributed by atoms with van der Waals surface area (Å²) in [5, 5.41) is 0.629. The molecule has 0 aliphatic heterocycles. The van der Waals surface area contributed by atoms with Crippen LogP contribution in [-0.2, 0) is 0 Å². The molecular formula is C23H27ClN4O3S2. The number of carbonyl (C=O) groups excluding carboxylic acids is 1. The maximum atomic E-state index is 13.7. The first-order valence-electron chi connectivity index (χ1n) is 10.5. The predicted molar refractivity (Wildman–Crippen MR) is 139 cm³/mol. The third-order valence-corrected chi connectivity index (χ3v) is 7.37. The molecule has 2 heterocycles. The number of fused-ring (bicyclic) bond motifs is 2. The van der Waals surface area contributed by atoms with Crippen molar-refractivity contribution in [3.63, 3.8) is 0 Å². The highest BCUT2D eigenvalue weighted by Gasteiger charge is 2.24. The van der Waals surface area contributed by atoms with Gasteiger partial charge in [0.1, 0.15) is 21.7 Å². The number of ether oxygens (including phenoxy) is 2. The monoisotopic (exact) mass is 506 g/mol. The molecule has 0 atom stereocenters. The van der Waals surface area contributed by atoms with Crippen LogP contribution in [0.3, 0.4) is 0 Å². The summed E-state index contributed by atoms with van der Waals surface area (Å²) in [5.74, 6) is 1.29. The fourth-order valence-electron chi connectivity index (χ4n) is 3.60. The molecule has 7 nitrogen and oxygen atoms in total. The van der Waals surface area contributed by atoms with Crippen molar-refractivity contribution in [3.8, 4) is 11.5 Å². The molecule has 0 saturated carbocycles. The van der Waals surface area contributed by atoms with Crippen molar-refractivity contribution in [1.82, 2.24) is 14.9 Å². The maximum Gasteiger partial charge on any atom is 0.260 e. The molecule has 0 bridgehead atoms. The van der Waals surface area contributed by atoms with Crippen LogP contribution in [0.1, 0.15) is 24.2 Å². The van der Waals surface area contributed by atoms with Crippen LogP contribution in [0.2, 0.25) is 0 Å². The third kappa shape index (κ3) is 5.06. The first-order chi connectivity index (χ1) is 15.6. The van der Waals surface area contributed by atoms with Crippen molar-refractivity contribution in [1.29, 1.82) is 0 Å². The Morgan fingerprint density at radius 1 is 1.03 bits per heavy atom. The highest BCUT2D eigenvalue weighted by Crippen LogP contribution is 2.40. The molecule has 0 aliphatic rings. The summed E-state index contributed by atoms with van der Waals surface area (Å²) in [6.07, 6.45) is 0. The minimum Gasteiger partial charge on any atom is -0.495 e. The zero-order valence-electron chi connectivity index (χ0n) is 19.0. The van der Waals surface area contributed by atoms with Crippen LogP contribution in [-0.4, -0.2) is 61.2 Å². The molecule has 0 aliphatic carbocycles. The lowest BCUT2D eigenvalue weighted by atomic mass is 10.2. The van der Waals surface area contributed by atoms with Gasteiger partial charge < -0.3 is 14.4 Å². The van der Waals surface area contributed by atoms with Gasteiger partial charge in [-0.15, -0.1) is 23.7 Å². The third-order valence-electron chi connectivity index (χ3n) is 5.49. The summed E-state index contributed by atoms with van der Waals surface area (Å²) >= 11 is 2.97. The largest absolute Gasteiger partial charge is 0.495 e. The number of thiazole rings is 2. The lowest BCUT2D eigenvalue weighted by Gasteiger charge is -2.24. The maximum absolute atomic E-state index is 13.7. The van der Waals surface area contributed by atoms with Crippen molar-refractivity contribution in [2.24, 2.45) is 0 Å². The van der Waals surface area contributed by atoms with E-state index in [1.54, 1.807) is 24.6 Å². The molecular weight excluding hydrogens is 480 g/mol. The topological polar surface area (TPSA) is 67.8 Å². The van der Waals surface area contributed by atoms with Gasteiger partial charge >= 0.3 is 0 Å². The van der Waals surface area contributed by atoms with Crippen LogP contribution < -0.4 is 14.4 Å². The van der Waals surface area contributed by atoms with Gasteiger partial charge in [-0.25, -0.2) is 9.97 Å². The molecule has 0 unspecified atom stereocenters. The Morgan fingerprint density at radius 2 is 1.76 bits per heavy atom. The number of anilines is 1. The van der Waals surface area contributed by atoms with Gasteiger partial charge in [0.05, 0.1) is 29.9 Å². The van der Waals surface area contributed by atoms with Gasteiger partial charge in [-0.2, -0.15) is 0 Å². The van der Waals surface area contributed by atoms with E-state index in [1.807, 2.05) is 30.3 Å². The van der Waals surface area contributed by atoms with E-state index in [4.69, 9.17) is 14.5 Å². The molecule has 4 aromatic rings. The summed E-state index contributed by atoms with van der Waals surface area (Å²) in [7, 11) is 3.25. The standard InChI is InChI=1S/C23H26N4O3S2.ClH/c1-5-26(6-2)11-12-27(22(28)15-7-8-16-19(13-15)31-14-24-16)23-25-20-17(29-3)9-10-18(30-4)21(20)32-23;/h7-10,13-14H,5-6,11-12H2,1-4H3;1H. The summed E-state index contributed by atoms with van der Waals surface area (Å²) in [5.41, 5.74) is 4.02. The minimum atomic E-state index is -0.0792. The first kappa shape index (κ1) is 25.2. The molecule has 2 aromatic heterocycles. The molecule has 4 rings (SSSR count). The highest BCUT2D eigenvalue weighted by atomic mass is 35.5. The van der Waals surface area contributed by atoms with E-state index >= 15 is 0 Å². The van der Waals surface area contributed by atoms with Gasteiger partial charge in [-0.05, 0) is 43.4 Å². The number of nitrogens with zero attached hydrogens (tertiary/aromatic N) is 4. The number of hydrogen-bond acceptors (Lipinski definition) is 8. The lowest BCUT2D eigenvalue weighted by molar-refractivity contribution is 0.0984. The zero-order valence-corrected chi connectivity index (χ0v) is 21.5. The quantitative estimate of drug-likeness (QED) is 0.305. The molecule has 0 N–H and O–H groups in total. The van der Waals surface area contributed by atoms with E-state index in [0.717, 1.165) is 34.6 Å². The van der Waals surface area contributed by atoms with Crippen LogP contribution in [0.25, 0.3) is 20.4 Å². The molecule has 0 saturated heterocycles. The van der Waals surface area contributed by atoms with E-state index in [-0.39, 0.29) is 18.3 Å². The number of benzene rings is 2. The fourth-order valence-corrected chi connectivity index (χ4v) is 5.41. The van der Waals surface area contributed by atoms with Gasteiger partial charge in [-0.3, -0.25) is 9.69 Å². The Labute approximate surface area is 207 Å². The summed E-state index contributed by atoms with van der Waals surface area (Å²) in [6, 6.07) is 9.34. The normalized spacial score (nSPS) is 11.1. The smallest absolute Gasteiger partial charge is 0.260 e. The van der Waals surface area contributed by atoms with E-state index in [1.165, 1.54) is 22.7 Å². The Kier molecular flexibility index (Phi) is 8.47. The van der Waals surface area contributed by atoms with Gasteiger partial charge in [0.15, 0.2) is 5.13 Å². The van der Waals surface area contributed by atoms with Crippen molar-refractivity contribution in [2.45, 2.75) is 13.8 Å². The first-order valence-corrected chi connectivity index (χ1v) is 12.2. The molecule has 1 amide bonds. The number of halogens is 1. The highest BCUT2D eigenvalue weighted by molar-refractivity contribution is 7.22. The molecule has 0 fully saturated rings. The number of aromatic nitrogens is 2. The SMILES string of the molecule is CCN(CC)CCN(C(=O)c1ccc2ncsc2c1)c1nc2c(OC)ccc(OC)c2s1.Cl. The van der Waals surface area contributed by atoms with Crippen LogP contribution in [0.4, 0.5) is 5.13 Å². The molecule has 10 heteroatoms. The average molecular weight is 507 g/mol. The van der Waals surface area contributed by atoms with E-state index in [0.29, 0.717) is 34.3 Å². The molecule has 176 valence electrons. The second kappa shape index (κ2) is 11.1. The Balaban J connectivity index is 0.00000306. The average Bonchev–Trinajstić information content (AvgIpc) is 3.47. The number of carbonyl (C=O) groups is 1. The Morgan fingerprint density at radius 3 is 2.45 bits per heavy atom. The number of rotatable bonds is 9. The number of methoxy groups -OCH3 is 2. The van der Waals surface area contributed by atoms with Crippen LogP contribution >= 0.6 is 35.1 Å². The van der Waals surface area contributed by atoms with Crippen molar-refractivity contribution < 1.29 is 14.3 Å². The fraction of sp³-hybridized carbons (Fsp3) is 0.348. The second-order valence-corrected chi connectivity index (χ2v) is 9.03. The predicted octanol–water partition coefficient (Wildman–Crippen LogP) is 5.33. The summed E-state index contributed by atoms with van der Waals surface area (Å²) < 4.78 is 12.9. The van der Waals surface area contributed by atoms with Gasteiger partial charge in [0.2, 0.25) is 0 Å². The van der Waals surface area contributed by atoms with Gasteiger partial charge in [0.25, 0.3) is 5.91 Å². The Bertz CT molecular complexity index is 1200. The lowest BCUT2D eigenvalue weighted by Crippen LogP contribution is -2.38. The second-order valence-electron chi connectivity index (χ2n) is 7.16. The van der Waals surface area contributed by atoms with Crippen LogP contribution in [0, 0.1) is 0 Å². The van der Waals surface area contributed by atoms with Crippen molar-refractivity contribution >= 4 is 66.6 Å². The summed E-state index contributed by atoms with van der Waals surface area (Å²) in [6.45, 7) is 7.39. The van der Waals surface area contributed by atoms with Gasteiger partial charge in [-0.1, -0.05) is 25.2 Å². The zero-order chi connectivity index (χ0) is 22.7. The summed E-state index contributed by atoms with van der Waals surface area (Å²) in [4.78, 5) is 26.9. The van der Waals surface area contributed by atoms with Crippen molar-refractivity contribution in [3.05, 3.63) is 41.4 Å². The van der Waals surface area contributed by atoms with Gasteiger partial charge in [0, 0.05) is 18.7 Å². The van der Waals surface area contributed by atoms with E-state index in [2.05, 4.69) is 23.7 Å². The number of amides is 1. The Hall–Kier alpha value is -2.46. The number of hydrogen-bond donors (Lipinski definition) is 0. The molecule has 2 aromatic carbocycles. The molecule has 0 radical (unpaired) electrons. The van der Waals surface area contributed by atoms with E-state index in [9.17, 15) is 4.79 Å². The molecule has 33 heavy (non-hydrogen) atoms. The van der Waals surface area contributed by atoms with Crippen LogP contribution in [0.5, 0.6) is 11.5 Å². The van der Waals surface area contributed by atoms with E-state index < -0.39 is 0 Å². The van der Waals surface area contributed by atoms with Crippen molar-refractivity contribution in [2.75, 3.05) is 45.3 Å². The number of likely N-dealkylation sites (N-methyl/N-ethyl adjacent to an activating group) is 1. The van der Waals surface area contributed by atoms with Crippen LogP contribution in [0.15, 0.2) is 35.8 Å². The minimum absolute atomic E-state index is 0.